The SMILES string of the molecule is CCCNC(CCC(C)(C)C)c1ccc(F)cc1Br. The molecule has 3 heteroatoms. The zero-order valence-electron chi connectivity index (χ0n) is 12.4. The fraction of sp³-hybridized carbons (Fsp3) is 0.625. The average molecular weight is 330 g/mol. The van der Waals surface area contributed by atoms with Crippen LogP contribution in [0.4, 0.5) is 4.39 Å². The molecule has 19 heavy (non-hydrogen) atoms. The van der Waals surface area contributed by atoms with Gasteiger partial charge in [0.15, 0.2) is 0 Å². The largest absolute Gasteiger partial charge is 0.310 e. The molecule has 0 aromatic heterocycles. The number of rotatable bonds is 6. The van der Waals surface area contributed by atoms with E-state index < -0.39 is 0 Å². The van der Waals surface area contributed by atoms with Crippen LogP contribution in [0.2, 0.25) is 0 Å². The predicted molar refractivity (Wildman–Crippen MR) is 83.8 cm³/mol. The summed E-state index contributed by atoms with van der Waals surface area (Å²) in [6, 6.07) is 5.26. The summed E-state index contributed by atoms with van der Waals surface area (Å²) in [6.45, 7) is 9.91. The molecule has 0 spiro atoms. The molecule has 0 aliphatic rings. The Morgan fingerprint density at radius 1 is 1.32 bits per heavy atom. The first kappa shape index (κ1) is 16.6. The lowest BCUT2D eigenvalue weighted by Crippen LogP contribution is -2.24. The second-order valence-electron chi connectivity index (χ2n) is 6.27. The lowest BCUT2D eigenvalue weighted by molar-refractivity contribution is 0.331. The molecule has 0 saturated carbocycles. The van der Waals surface area contributed by atoms with Gasteiger partial charge in [-0.05, 0) is 48.9 Å². The van der Waals surface area contributed by atoms with Gasteiger partial charge in [-0.2, -0.15) is 0 Å². The van der Waals surface area contributed by atoms with Crippen molar-refractivity contribution in [2.45, 2.75) is 53.0 Å². The highest BCUT2D eigenvalue weighted by atomic mass is 79.9. The van der Waals surface area contributed by atoms with Crippen LogP contribution in [0, 0.1) is 11.2 Å². The van der Waals surface area contributed by atoms with E-state index in [0.717, 1.165) is 35.8 Å². The van der Waals surface area contributed by atoms with Crippen molar-refractivity contribution in [2.75, 3.05) is 6.54 Å². The Balaban J connectivity index is 2.83. The minimum absolute atomic E-state index is 0.194. The molecule has 108 valence electrons. The molecule has 0 radical (unpaired) electrons. The molecule has 1 aromatic rings. The van der Waals surface area contributed by atoms with E-state index in [1.807, 2.05) is 6.07 Å². The van der Waals surface area contributed by atoms with E-state index in [2.05, 4.69) is 48.9 Å². The zero-order valence-corrected chi connectivity index (χ0v) is 14.0. The van der Waals surface area contributed by atoms with E-state index in [1.54, 1.807) is 6.07 Å². The van der Waals surface area contributed by atoms with Gasteiger partial charge in [-0.3, -0.25) is 0 Å². The van der Waals surface area contributed by atoms with Crippen LogP contribution in [0.5, 0.6) is 0 Å². The molecule has 1 atom stereocenters. The van der Waals surface area contributed by atoms with E-state index in [4.69, 9.17) is 0 Å². The third kappa shape index (κ3) is 6.05. The van der Waals surface area contributed by atoms with Crippen molar-refractivity contribution in [1.82, 2.24) is 5.32 Å². The maximum Gasteiger partial charge on any atom is 0.124 e. The highest BCUT2D eigenvalue weighted by Gasteiger charge is 2.18. The van der Waals surface area contributed by atoms with E-state index >= 15 is 0 Å². The van der Waals surface area contributed by atoms with Crippen LogP contribution in [0.1, 0.15) is 58.6 Å². The van der Waals surface area contributed by atoms with Gasteiger partial charge in [-0.15, -0.1) is 0 Å². The quantitative estimate of drug-likeness (QED) is 0.731. The zero-order chi connectivity index (χ0) is 14.5. The lowest BCUT2D eigenvalue weighted by atomic mass is 9.87. The van der Waals surface area contributed by atoms with Crippen LogP contribution >= 0.6 is 15.9 Å². The molecular formula is C16H25BrFN. The molecule has 1 nitrogen and oxygen atoms in total. The van der Waals surface area contributed by atoms with Crippen LogP contribution in [-0.2, 0) is 0 Å². The van der Waals surface area contributed by atoms with Crippen molar-refractivity contribution in [2.24, 2.45) is 5.41 Å². The summed E-state index contributed by atoms with van der Waals surface area (Å²) in [5.74, 6) is -0.194. The summed E-state index contributed by atoms with van der Waals surface area (Å²) in [5, 5.41) is 3.57. The first-order chi connectivity index (χ1) is 8.83. The van der Waals surface area contributed by atoms with Crippen molar-refractivity contribution >= 4 is 15.9 Å². The summed E-state index contributed by atoms with van der Waals surface area (Å²) in [4.78, 5) is 0. The van der Waals surface area contributed by atoms with Crippen LogP contribution in [0.25, 0.3) is 0 Å². The standard InChI is InChI=1S/C16H25BrFN/c1-5-10-19-15(8-9-16(2,3)4)13-7-6-12(18)11-14(13)17/h6-7,11,15,19H,5,8-10H2,1-4H3. The number of benzene rings is 1. The summed E-state index contributed by atoms with van der Waals surface area (Å²) in [5.41, 5.74) is 1.47. The van der Waals surface area contributed by atoms with Gasteiger partial charge in [0, 0.05) is 10.5 Å². The Hall–Kier alpha value is -0.410. The maximum atomic E-state index is 13.2. The number of nitrogens with one attached hydrogen (secondary N) is 1. The van der Waals surface area contributed by atoms with Crippen molar-refractivity contribution in [1.29, 1.82) is 0 Å². The molecule has 1 N–H and O–H groups in total. The molecule has 0 bridgehead atoms. The summed E-state index contributed by atoms with van der Waals surface area (Å²) in [7, 11) is 0. The minimum Gasteiger partial charge on any atom is -0.310 e. The van der Waals surface area contributed by atoms with Crippen LogP contribution < -0.4 is 5.32 Å². The van der Waals surface area contributed by atoms with E-state index in [1.165, 1.54) is 6.07 Å². The van der Waals surface area contributed by atoms with E-state index in [-0.39, 0.29) is 11.9 Å². The third-order valence-electron chi connectivity index (χ3n) is 3.16. The van der Waals surface area contributed by atoms with Crippen molar-refractivity contribution in [3.05, 3.63) is 34.1 Å². The normalized spacial score (nSPS) is 13.6. The van der Waals surface area contributed by atoms with Crippen LogP contribution in [0.15, 0.2) is 22.7 Å². The van der Waals surface area contributed by atoms with Gasteiger partial charge in [0.1, 0.15) is 5.82 Å². The fourth-order valence-electron chi connectivity index (χ4n) is 2.05. The van der Waals surface area contributed by atoms with E-state index in [9.17, 15) is 4.39 Å². The van der Waals surface area contributed by atoms with Gasteiger partial charge in [0.05, 0.1) is 0 Å². The Morgan fingerprint density at radius 2 is 2.00 bits per heavy atom. The number of hydrogen-bond acceptors (Lipinski definition) is 1. The van der Waals surface area contributed by atoms with Gasteiger partial charge in [0.2, 0.25) is 0 Å². The molecule has 0 heterocycles. The lowest BCUT2D eigenvalue weighted by Gasteiger charge is -2.25. The van der Waals surface area contributed by atoms with Crippen molar-refractivity contribution < 1.29 is 4.39 Å². The molecule has 0 amide bonds. The molecule has 0 saturated heterocycles. The molecule has 1 rings (SSSR count). The Bertz CT molecular complexity index is 398. The van der Waals surface area contributed by atoms with Gasteiger partial charge >= 0.3 is 0 Å². The Kier molecular flexibility index (Phi) is 6.48. The average Bonchev–Trinajstić information content (AvgIpc) is 2.29. The third-order valence-corrected chi connectivity index (χ3v) is 3.85. The Labute approximate surface area is 125 Å². The highest BCUT2D eigenvalue weighted by molar-refractivity contribution is 9.10. The minimum atomic E-state index is -0.194. The summed E-state index contributed by atoms with van der Waals surface area (Å²) >= 11 is 3.48. The first-order valence-electron chi connectivity index (χ1n) is 7.02. The summed E-state index contributed by atoms with van der Waals surface area (Å²) in [6.07, 6.45) is 3.30. The number of hydrogen-bond donors (Lipinski definition) is 1. The fourth-order valence-corrected chi connectivity index (χ4v) is 2.67. The maximum absolute atomic E-state index is 13.2. The molecule has 0 fully saturated rings. The molecule has 0 aliphatic heterocycles. The monoisotopic (exact) mass is 329 g/mol. The van der Waals surface area contributed by atoms with Gasteiger partial charge in [-0.25, -0.2) is 4.39 Å². The van der Waals surface area contributed by atoms with E-state index in [0.29, 0.717) is 5.41 Å². The smallest absolute Gasteiger partial charge is 0.124 e. The molecule has 0 aliphatic carbocycles. The number of halogens is 2. The second kappa shape index (κ2) is 7.39. The first-order valence-corrected chi connectivity index (χ1v) is 7.81. The Morgan fingerprint density at radius 3 is 2.53 bits per heavy atom. The summed E-state index contributed by atoms with van der Waals surface area (Å²) < 4.78 is 14.0. The van der Waals surface area contributed by atoms with Crippen LogP contribution in [-0.4, -0.2) is 6.54 Å². The molecule has 1 unspecified atom stereocenters. The van der Waals surface area contributed by atoms with Gasteiger partial charge in [-0.1, -0.05) is 49.7 Å². The predicted octanol–water partition coefficient (Wildman–Crippen LogP) is 5.46. The van der Waals surface area contributed by atoms with Crippen molar-refractivity contribution in [3.63, 3.8) is 0 Å². The van der Waals surface area contributed by atoms with Gasteiger partial charge in [0.25, 0.3) is 0 Å². The molecular weight excluding hydrogens is 305 g/mol. The van der Waals surface area contributed by atoms with Crippen LogP contribution in [0.3, 0.4) is 0 Å². The molecule has 1 aromatic carbocycles. The highest BCUT2D eigenvalue weighted by Crippen LogP contribution is 2.31. The van der Waals surface area contributed by atoms with Gasteiger partial charge < -0.3 is 5.32 Å². The second-order valence-corrected chi connectivity index (χ2v) is 7.13. The van der Waals surface area contributed by atoms with Crippen molar-refractivity contribution in [3.8, 4) is 0 Å². The topological polar surface area (TPSA) is 12.0 Å².